The van der Waals surface area contributed by atoms with Crippen LogP contribution in [0, 0.1) is 18.7 Å². The third-order valence-corrected chi connectivity index (χ3v) is 4.73. The van der Waals surface area contributed by atoms with E-state index in [4.69, 9.17) is 9.63 Å². The van der Waals surface area contributed by atoms with E-state index in [0.29, 0.717) is 13.0 Å². The summed E-state index contributed by atoms with van der Waals surface area (Å²) in [5, 5.41) is 17.9. The lowest BCUT2D eigenvalue weighted by Crippen LogP contribution is -2.41. The van der Waals surface area contributed by atoms with Gasteiger partial charge in [0.25, 0.3) is 5.91 Å². The maximum Gasteiger partial charge on any atom is 0.404 e. The number of nitrogens with one attached hydrogen (secondary N) is 2. The summed E-state index contributed by atoms with van der Waals surface area (Å²) in [5.74, 6) is -0.535. The number of carbonyl (C=O) groups is 2. The van der Waals surface area contributed by atoms with Crippen LogP contribution in [0.4, 0.5) is 9.18 Å². The van der Waals surface area contributed by atoms with Gasteiger partial charge in [-0.1, -0.05) is 11.6 Å². The molecule has 1 saturated carbocycles. The molecule has 0 radical (unpaired) electrons. The van der Waals surface area contributed by atoms with Gasteiger partial charge in [0, 0.05) is 18.8 Å². The van der Waals surface area contributed by atoms with Crippen molar-refractivity contribution in [1.82, 2.24) is 20.8 Å². The number of rotatable bonds is 5. The van der Waals surface area contributed by atoms with Crippen molar-refractivity contribution >= 4 is 12.0 Å². The first kappa shape index (κ1) is 18.8. The summed E-state index contributed by atoms with van der Waals surface area (Å²) < 4.78 is 19.2. The molecular formula is C18H21FN4O4. The van der Waals surface area contributed by atoms with E-state index in [0.717, 1.165) is 19.3 Å². The molecule has 0 spiro atoms. The number of halogens is 1. The molecule has 2 amide bonds. The second kappa shape index (κ2) is 8.15. The van der Waals surface area contributed by atoms with Crippen molar-refractivity contribution < 1.29 is 23.6 Å². The standard InChI is InChI=1S/C18H21FN4O4/c1-10-14(16(23-27-10)15-13(19)6-3-7-20-15)17(24)22-12-5-2-4-11(8-12)9-21-18(25)26/h3,6-7,11-12,21H,2,4-5,8-9H2,1H3,(H,22,24)(H,25,26). The van der Waals surface area contributed by atoms with E-state index < -0.39 is 17.8 Å². The quantitative estimate of drug-likeness (QED) is 0.739. The molecule has 0 aromatic carbocycles. The fraction of sp³-hybridized carbons (Fsp3) is 0.444. The molecule has 3 N–H and O–H groups in total. The van der Waals surface area contributed by atoms with Crippen LogP contribution in [-0.2, 0) is 0 Å². The normalized spacial score (nSPS) is 19.5. The Bertz CT molecular complexity index is 839. The Morgan fingerprint density at radius 3 is 2.93 bits per heavy atom. The smallest absolute Gasteiger partial charge is 0.404 e. The number of aromatic nitrogens is 2. The zero-order valence-electron chi connectivity index (χ0n) is 14.9. The average Bonchev–Trinajstić information content (AvgIpc) is 3.02. The van der Waals surface area contributed by atoms with Gasteiger partial charge < -0.3 is 20.3 Å². The van der Waals surface area contributed by atoms with E-state index in [1.165, 1.54) is 18.3 Å². The maximum absolute atomic E-state index is 14.1. The van der Waals surface area contributed by atoms with Crippen LogP contribution in [0.2, 0.25) is 0 Å². The Labute approximate surface area is 155 Å². The Hall–Kier alpha value is -2.97. The third kappa shape index (κ3) is 4.42. The molecular weight excluding hydrogens is 355 g/mol. The Morgan fingerprint density at radius 2 is 2.19 bits per heavy atom. The number of nitrogens with zero attached hydrogens (tertiary/aromatic N) is 2. The monoisotopic (exact) mass is 376 g/mol. The number of pyridine rings is 1. The molecule has 2 atom stereocenters. The molecule has 2 unspecified atom stereocenters. The van der Waals surface area contributed by atoms with Gasteiger partial charge in [0.05, 0.1) is 0 Å². The topological polar surface area (TPSA) is 117 Å². The molecule has 0 aliphatic heterocycles. The first-order valence-corrected chi connectivity index (χ1v) is 8.80. The molecule has 1 aliphatic carbocycles. The van der Waals surface area contributed by atoms with E-state index in [-0.39, 0.29) is 34.7 Å². The van der Waals surface area contributed by atoms with Crippen LogP contribution in [0.15, 0.2) is 22.9 Å². The van der Waals surface area contributed by atoms with Crippen LogP contribution in [-0.4, -0.2) is 39.8 Å². The zero-order valence-corrected chi connectivity index (χ0v) is 14.9. The average molecular weight is 376 g/mol. The lowest BCUT2D eigenvalue weighted by molar-refractivity contribution is 0.0917. The van der Waals surface area contributed by atoms with Crippen molar-refractivity contribution in [2.45, 2.75) is 38.6 Å². The van der Waals surface area contributed by atoms with Crippen LogP contribution < -0.4 is 10.6 Å². The largest absolute Gasteiger partial charge is 0.465 e. The van der Waals surface area contributed by atoms with Crippen LogP contribution in [0.3, 0.4) is 0 Å². The van der Waals surface area contributed by atoms with Crippen LogP contribution >= 0.6 is 0 Å². The lowest BCUT2D eigenvalue weighted by Gasteiger charge is -2.29. The van der Waals surface area contributed by atoms with Gasteiger partial charge >= 0.3 is 6.09 Å². The van der Waals surface area contributed by atoms with Crippen molar-refractivity contribution in [1.29, 1.82) is 0 Å². The summed E-state index contributed by atoms with van der Waals surface area (Å²) >= 11 is 0. The fourth-order valence-corrected chi connectivity index (χ4v) is 3.46. The lowest BCUT2D eigenvalue weighted by atomic mass is 9.85. The Morgan fingerprint density at radius 1 is 1.37 bits per heavy atom. The molecule has 144 valence electrons. The molecule has 1 fully saturated rings. The summed E-state index contributed by atoms with van der Waals surface area (Å²) in [6.07, 6.45) is 3.63. The van der Waals surface area contributed by atoms with Crippen molar-refractivity contribution in [3.63, 3.8) is 0 Å². The van der Waals surface area contributed by atoms with Crippen molar-refractivity contribution in [2.24, 2.45) is 5.92 Å². The van der Waals surface area contributed by atoms with Crippen molar-refractivity contribution in [3.8, 4) is 11.4 Å². The molecule has 27 heavy (non-hydrogen) atoms. The SMILES string of the molecule is Cc1onc(-c2ncccc2F)c1C(=O)NC1CCCC(CNC(=O)O)C1. The highest BCUT2D eigenvalue weighted by Crippen LogP contribution is 2.27. The Kier molecular flexibility index (Phi) is 5.68. The number of carbonyl (C=O) groups excluding carboxylic acids is 1. The molecule has 1 aliphatic rings. The number of carboxylic acid groups (broad SMARTS) is 1. The summed E-state index contributed by atoms with van der Waals surface area (Å²) in [6, 6.07) is 2.61. The molecule has 0 saturated heterocycles. The van der Waals surface area contributed by atoms with Crippen LogP contribution in [0.25, 0.3) is 11.4 Å². The van der Waals surface area contributed by atoms with E-state index in [9.17, 15) is 14.0 Å². The molecule has 2 heterocycles. The predicted octanol–water partition coefficient (Wildman–Crippen LogP) is 2.74. The highest BCUT2D eigenvalue weighted by atomic mass is 19.1. The first-order valence-electron chi connectivity index (χ1n) is 8.80. The number of hydrogen-bond donors (Lipinski definition) is 3. The van der Waals surface area contributed by atoms with Gasteiger partial charge in [0.1, 0.15) is 22.7 Å². The van der Waals surface area contributed by atoms with Crippen molar-refractivity contribution in [3.05, 3.63) is 35.5 Å². The van der Waals surface area contributed by atoms with Gasteiger partial charge in [-0.25, -0.2) is 9.18 Å². The summed E-state index contributed by atoms with van der Waals surface area (Å²) in [6.45, 7) is 1.95. The molecule has 0 bridgehead atoms. The summed E-state index contributed by atoms with van der Waals surface area (Å²) in [4.78, 5) is 27.4. The number of aryl methyl sites for hydroxylation is 1. The highest BCUT2D eigenvalue weighted by molar-refractivity contribution is 6.00. The van der Waals surface area contributed by atoms with Crippen molar-refractivity contribution in [2.75, 3.05) is 6.54 Å². The van der Waals surface area contributed by atoms with Gasteiger partial charge in [-0.2, -0.15) is 0 Å². The van der Waals surface area contributed by atoms with Gasteiger partial charge in [0.15, 0.2) is 5.82 Å². The van der Waals surface area contributed by atoms with Gasteiger partial charge in [-0.05, 0) is 44.2 Å². The van der Waals surface area contributed by atoms with Gasteiger partial charge in [-0.3, -0.25) is 9.78 Å². The number of amides is 2. The minimum Gasteiger partial charge on any atom is -0.465 e. The molecule has 3 rings (SSSR count). The molecule has 2 aromatic rings. The third-order valence-electron chi connectivity index (χ3n) is 4.73. The van der Waals surface area contributed by atoms with Gasteiger partial charge in [-0.15, -0.1) is 0 Å². The summed E-state index contributed by atoms with van der Waals surface area (Å²) in [5.41, 5.74) is 0.202. The first-order chi connectivity index (χ1) is 13.0. The number of hydrogen-bond acceptors (Lipinski definition) is 5. The molecule has 8 nitrogen and oxygen atoms in total. The van der Waals surface area contributed by atoms with Crippen LogP contribution in [0.5, 0.6) is 0 Å². The summed E-state index contributed by atoms with van der Waals surface area (Å²) in [7, 11) is 0. The van der Waals surface area contributed by atoms with E-state index in [2.05, 4.69) is 20.8 Å². The van der Waals surface area contributed by atoms with E-state index >= 15 is 0 Å². The maximum atomic E-state index is 14.1. The zero-order chi connectivity index (χ0) is 19.4. The fourth-order valence-electron chi connectivity index (χ4n) is 3.46. The second-order valence-corrected chi connectivity index (χ2v) is 6.69. The predicted molar refractivity (Wildman–Crippen MR) is 93.7 cm³/mol. The Balaban J connectivity index is 1.72. The molecule has 9 heteroatoms. The van der Waals surface area contributed by atoms with Gasteiger partial charge in [0.2, 0.25) is 0 Å². The van der Waals surface area contributed by atoms with E-state index in [1.54, 1.807) is 6.92 Å². The second-order valence-electron chi connectivity index (χ2n) is 6.69. The minimum atomic E-state index is -1.05. The molecule has 2 aromatic heterocycles. The van der Waals surface area contributed by atoms with Crippen LogP contribution in [0.1, 0.15) is 41.8 Å². The van der Waals surface area contributed by atoms with E-state index in [1.807, 2.05) is 0 Å². The minimum absolute atomic E-state index is 0.0355. The highest BCUT2D eigenvalue weighted by Gasteiger charge is 2.28.